The summed E-state index contributed by atoms with van der Waals surface area (Å²) in [6.45, 7) is 6.78. The van der Waals surface area contributed by atoms with Gasteiger partial charge in [-0.1, -0.05) is 12.1 Å². The maximum atomic E-state index is 13.1. The fraction of sp³-hybridized carbons (Fsp3) is 0.440. The highest BCUT2D eigenvalue weighted by Gasteiger charge is 2.37. The molecule has 0 unspecified atom stereocenters. The van der Waals surface area contributed by atoms with Gasteiger partial charge in [-0.3, -0.25) is 33.3 Å². The molecular formula is C25H30N4O10. The molecule has 0 radical (unpaired) electrons. The molecule has 1 aromatic carbocycles. The van der Waals surface area contributed by atoms with E-state index in [4.69, 9.17) is 18.9 Å². The largest absolute Gasteiger partial charge is 0.462 e. The zero-order chi connectivity index (χ0) is 29.3. The number of hydrazone groups is 1. The Morgan fingerprint density at radius 1 is 0.949 bits per heavy atom. The van der Waals surface area contributed by atoms with Gasteiger partial charge >= 0.3 is 23.9 Å². The van der Waals surface area contributed by atoms with Crippen LogP contribution < -0.4 is 10.6 Å². The minimum absolute atomic E-state index is 0.119. The van der Waals surface area contributed by atoms with Crippen LogP contribution in [0.3, 0.4) is 0 Å². The number of para-hydroxylation sites is 1. The molecule has 0 aliphatic rings. The van der Waals surface area contributed by atoms with E-state index >= 15 is 0 Å². The first-order valence-electron chi connectivity index (χ1n) is 11.8. The average Bonchev–Trinajstić information content (AvgIpc) is 2.84. The molecule has 0 spiro atoms. The molecule has 0 aliphatic carbocycles. The van der Waals surface area contributed by atoms with Crippen molar-refractivity contribution in [2.45, 2.75) is 66.4 Å². The van der Waals surface area contributed by atoms with Crippen molar-refractivity contribution in [1.82, 2.24) is 9.55 Å². The van der Waals surface area contributed by atoms with Crippen molar-refractivity contribution in [2.24, 2.45) is 5.10 Å². The van der Waals surface area contributed by atoms with Crippen molar-refractivity contribution in [3.63, 3.8) is 0 Å². The van der Waals surface area contributed by atoms with Crippen LogP contribution in [0.5, 0.6) is 0 Å². The van der Waals surface area contributed by atoms with Crippen LogP contribution in [0.4, 0.5) is 5.95 Å². The number of fused-ring (bicyclic) bond motifs is 1. The summed E-state index contributed by atoms with van der Waals surface area (Å²) >= 11 is 0. The third-order valence-electron chi connectivity index (χ3n) is 5.04. The Labute approximate surface area is 223 Å². The maximum absolute atomic E-state index is 13.1. The molecule has 0 fully saturated rings. The van der Waals surface area contributed by atoms with E-state index in [9.17, 15) is 28.8 Å². The van der Waals surface area contributed by atoms with Crippen LogP contribution >= 0.6 is 0 Å². The quantitative estimate of drug-likeness (QED) is 0.171. The summed E-state index contributed by atoms with van der Waals surface area (Å²) in [5.41, 5.74) is -0.0977. The third kappa shape index (κ3) is 8.45. The first-order valence-corrected chi connectivity index (χ1v) is 11.8. The van der Waals surface area contributed by atoms with E-state index in [0.29, 0.717) is 10.9 Å². The number of benzene rings is 1. The van der Waals surface area contributed by atoms with E-state index in [-0.39, 0.29) is 12.5 Å². The van der Waals surface area contributed by atoms with Gasteiger partial charge in [0.1, 0.15) is 6.61 Å². The Hall–Kier alpha value is -4.62. The van der Waals surface area contributed by atoms with Gasteiger partial charge in [0.05, 0.1) is 17.1 Å². The second-order valence-electron chi connectivity index (χ2n) is 8.17. The standard InChI is InChI=1S/C25H30N4O10/c1-7-28-24(35)19-10-8-9-11-20(19)27-25(28)29(14(2)30)26-12-21(37-16(4)32)23(39-18(6)34)22(38-17(5)33)13-36-15(3)31/h8-12,21-23H,7,13H2,1-6H3/b26-12+/t21-,22-,23+/m1/s1. The van der Waals surface area contributed by atoms with Gasteiger partial charge in [0.2, 0.25) is 11.9 Å². The predicted octanol–water partition coefficient (Wildman–Crippen LogP) is 1.11. The molecule has 0 saturated carbocycles. The number of hydrogen-bond donors (Lipinski definition) is 0. The van der Waals surface area contributed by atoms with Gasteiger partial charge in [-0.05, 0) is 19.1 Å². The highest BCUT2D eigenvalue weighted by molar-refractivity contribution is 5.92. The van der Waals surface area contributed by atoms with Gasteiger partial charge in [0.25, 0.3) is 5.56 Å². The van der Waals surface area contributed by atoms with Gasteiger partial charge in [-0.2, -0.15) is 10.1 Å². The molecule has 39 heavy (non-hydrogen) atoms. The number of anilines is 1. The molecule has 3 atom stereocenters. The van der Waals surface area contributed by atoms with E-state index in [2.05, 4.69) is 10.1 Å². The Bertz CT molecular complexity index is 1340. The molecule has 0 N–H and O–H groups in total. The van der Waals surface area contributed by atoms with Gasteiger partial charge in [0.15, 0.2) is 18.3 Å². The van der Waals surface area contributed by atoms with E-state index < -0.39 is 60.3 Å². The summed E-state index contributed by atoms with van der Waals surface area (Å²) in [4.78, 5) is 77.1. The lowest BCUT2D eigenvalue weighted by Crippen LogP contribution is -2.48. The topological polar surface area (TPSA) is 173 Å². The molecule has 1 heterocycles. The smallest absolute Gasteiger partial charge is 0.303 e. The minimum atomic E-state index is -1.54. The van der Waals surface area contributed by atoms with E-state index in [1.165, 1.54) is 11.5 Å². The van der Waals surface area contributed by atoms with Gasteiger partial charge < -0.3 is 18.9 Å². The molecule has 14 nitrogen and oxygen atoms in total. The monoisotopic (exact) mass is 546 g/mol. The maximum Gasteiger partial charge on any atom is 0.303 e. The zero-order valence-electron chi connectivity index (χ0n) is 22.4. The van der Waals surface area contributed by atoms with Crippen molar-refractivity contribution in [3.05, 3.63) is 34.6 Å². The fourth-order valence-corrected chi connectivity index (χ4v) is 3.54. The van der Waals surface area contributed by atoms with Crippen LogP contribution in [0.15, 0.2) is 34.2 Å². The van der Waals surface area contributed by atoms with Crippen molar-refractivity contribution in [1.29, 1.82) is 0 Å². The summed E-state index contributed by atoms with van der Waals surface area (Å²) < 4.78 is 21.9. The summed E-state index contributed by atoms with van der Waals surface area (Å²) in [6, 6.07) is 6.55. The highest BCUT2D eigenvalue weighted by atomic mass is 16.6. The predicted molar refractivity (Wildman–Crippen MR) is 137 cm³/mol. The third-order valence-corrected chi connectivity index (χ3v) is 5.04. The lowest BCUT2D eigenvalue weighted by molar-refractivity contribution is -0.183. The van der Waals surface area contributed by atoms with Gasteiger partial charge in [-0.15, -0.1) is 0 Å². The molecule has 0 saturated heterocycles. The Balaban J connectivity index is 2.64. The van der Waals surface area contributed by atoms with E-state index in [1.807, 2.05) is 0 Å². The lowest BCUT2D eigenvalue weighted by atomic mass is 10.1. The van der Waals surface area contributed by atoms with Crippen LogP contribution in [-0.2, 0) is 49.5 Å². The van der Waals surface area contributed by atoms with Gasteiger partial charge in [-0.25, -0.2) is 4.98 Å². The summed E-state index contributed by atoms with van der Waals surface area (Å²) in [6.07, 6.45) is -3.52. The summed E-state index contributed by atoms with van der Waals surface area (Å²) in [5, 5.41) is 5.25. The highest BCUT2D eigenvalue weighted by Crippen LogP contribution is 2.18. The molecule has 210 valence electrons. The number of nitrogens with zero attached hydrogens (tertiary/aromatic N) is 4. The zero-order valence-corrected chi connectivity index (χ0v) is 22.4. The first-order chi connectivity index (χ1) is 18.3. The van der Waals surface area contributed by atoms with Crippen molar-refractivity contribution in [2.75, 3.05) is 11.6 Å². The van der Waals surface area contributed by atoms with E-state index in [1.54, 1.807) is 31.2 Å². The number of esters is 4. The molecule has 1 aromatic heterocycles. The summed E-state index contributed by atoms with van der Waals surface area (Å²) in [5.74, 6) is -3.97. The molecular weight excluding hydrogens is 516 g/mol. The molecule has 1 amide bonds. The lowest BCUT2D eigenvalue weighted by Gasteiger charge is -2.30. The van der Waals surface area contributed by atoms with Crippen LogP contribution in [0.25, 0.3) is 10.9 Å². The number of aromatic nitrogens is 2. The second-order valence-corrected chi connectivity index (χ2v) is 8.17. The number of rotatable bonds is 11. The SMILES string of the molecule is CCn1c(N(/N=C/[C@@H](OC(C)=O)[C@H](OC(C)=O)[C@@H](COC(C)=O)OC(C)=O)C(C)=O)nc2ccccc2c1=O. The van der Waals surface area contributed by atoms with Gasteiger partial charge in [0, 0.05) is 41.2 Å². The van der Waals surface area contributed by atoms with Crippen molar-refractivity contribution in [3.8, 4) is 0 Å². The van der Waals surface area contributed by atoms with Crippen LogP contribution in [0.1, 0.15) is 41.5 Å². The average molecular weight is 547 g/mol. The minimum Gasteiger partial charge on any atom is -0.462 e. The normalized spacial score (nSPS) is 13.3. The molecule has 14 heteroatoms. The molecule has 2 rings (SSSR count). The van der Waals surface area contributed by atoms with Crippen molar-refractivity contribution >= 4 is 52.9 Å². The Kier molecular flexibility index (Phi) is 10.8. The first kappa shape index (κ1) is 30.6. The Morgan fingerprint density at radius 2 is 1.56 bits per heavy atom. The van der Waals surface area contributed by atoms with Crippen LogP contribution in [-0.4, -0.2) is 70.5 Å². The fourth-order valence-electron chi connectivity index (χ4n) is 3.54. The Morgan fingerprint density at radius 3 is 2.10 bits per heavy atom. The number of amides is 1. The number of ether oxygens (including phenoxy) is 4. The van der Waals surface area contributed by atoms with Crippen LogP contribution in [0, 0.1) is 0 Å². The molecule has 0 aliphatic heterocycles. The molecule has 2 aromatic rings. The molecule has 0 bridgehead atoms. The number of carbonyl (C=O) groups is 5. The second kappa shape index (κ2) is 13.8. The number of carbonyl (C=O) groups excluding carboxylic acids is 5. The van der Waals surface area contributed by atoms with Crippen LogP contribution in [0.2, 0.25) is 0 Å². The summed E-state index contributed by atoms with van der Waals surface area (Å²) in [7, 11) is 0. The number of hydrogen-bond acceptors (Lipinski definition) is 12. The van der Waals surface area contributed by atoms with Crippen molar-refractivity contribution < 1.29 is 42.9 Å². The van der Waals surface area contributed by atoms with E-state index in [0.717, 1.165) is 38.9 Å².